The van der Waals surface area contributed by atoms with Crippen LogP contribution in [-0.2, 0) is 12.5 Å². The molecule has 10 aromatic rings. The summed E-state index contributed by atoms with van der Waals surface area (Å²) in [6, 6.07) is 61.3. The van der Waals surface area contributed by atoms with Gasteiger partial charge in [0, 0.05) is 79.2 Å². The average molecular weight is 964 g/mol. The molecule has 3 heterocycles. The Labute approximate surface area is 438 Å². The second kappa shape index (κ2) is 16.6. The molecule has 0 radical (unpaired) electrons. The summed E-state index contributed by atoms with van der Waals surface area (Å²) in [6.07, 6.45) is 35.6. The molecule has 1 spiro atoms. The summed E-state index contributed by atoms with van der Waals surface area (Å²) >= 11 is 0. The van der Waals surface area contributed by atoms with Gasteiger partial charge < -0.3 is 13.7 Å². The van der Waals surface area contributed by atoms with Crippen molar-refractivity contribution in [1.82, 2.24) is 13.7 Å². The Hall–Kier alpha value is -8.40. The van der Waals surface area contributed by atoms with E-state index in [1.54, 1.807) is 5.57 Å². The highest BCUT2D eigenvalue weighted by Crippen LogP contribution is 2.60. The number of hydrogen-bond donors (Lipinski definition) is 0. The minimum absolute atomic E-state index is 0.233. The molecule has 3 nitrogen and oxygen atoms in total. The third-order valence-electron chi connectivity index (χ3n) is 18.6. The van der Waals surface area contributed by atoms with Crippen molar-refractivity contribution < 1.29 is 0 Å². The van der Waals surface area contributed by atoms with E-state index in [9.17, 15) is 0 Å². The van der Waals surface area contributed by atoms with Crippen molar-refractivity contribution in [1.29, 1.82) is 0 Å². The molecule has 360 valence electrons. The summed E-state index contributed by atoms with van der Waals surface area (Å²) in [5.41, 5.74) is 21.1. The van der Waals surface area contributed by atoms with Crippen LogP contribution in [0.5, 0.6) is 0 Å². The van der Waals surface area contributed by atoms with E-state index < -0.39 is 0 Å². The Kier molecular flexibility index (Phi) is 9.50. The first-order chi connectivity index (χ1) is 37.1. The van der Waals surface area contributed by atoms with E-state index in [4.69, 9.17) is 0 Å². The summed E-state index contributed by atoms with van der Waals surface area (Å²) in [5, 5.41) is 6.65. The second-order valence-corrected chi connectivity index (χ2v) is 22.3. The van der Waals surface area contributed by atoms with Gasteiger partial charge in [0.1, 0.15) is 0 Å². The maximum atomic E-state index is 2.63. The van der Waals surface area contributed by atoms with Crippen LogP contribution >= 0.6 is 0 Å². The minimum Gasteiger partial charge on any atom is -0.344 e. The van der Waals surface area contributed by atoms with Crippen molar-refractivity contribution in [2.45, 2.75) is 43.4 Å². The highest BCUT2D eigenvalue weighted by atomic mass is 15.0. The van der Waals surface area contributed by atoms with Gasteiger partial charge in [0.25, 0.3) is 0 Å². The molecule has 75 heavy (non-hydrogen) atoms. The lowest BCUT2D eigenvalue weighted by Crippen LogP contribution is -2.40. The minimum atomic E-state index is -0.233. The summed E-state index contributed by atoms with van der Waals surface area (Å²) < 4.78 is 7.32. The van der Waals surface area contributed by atoms with Crippen molar-refractivity contribution in [2.75, 3.05) is 0 Å². The molecule has 7 aliphatic rings. The third kappa shape index (κ3) is 6.40. The fraction of sp³-hybridized carbons (Fsp3) is 0.167. The number of hydrogen-bond acceptors (Lipinski definition) is 0. The third-order valence-corrected chi connectivity index (χ3v) is 18.6. The number of rotatable bonds is 6. The van der Waals surface area contributed by atoms with Gasteiger partial charge in [-0.15, -0.1) is 0 Å². The summed E-state index contributed by atoms with van der Waals surface area (Å²) in [7, 11) is 2.24. The van der Waals surface area contributed by atoms with Crippen LogP contribution in [0.4, 0.5) is 0 Å². The van der Waals surface area contributed by atoms with Gasteiger partial charge in [-0.3, -0.25) is 0 Å². The number of para-hydroxylation sites is 4. The Balaban J connectivity index is 0.713. The predicted octanol–water partition coefficient (Wildman–Crippen LogP) is 17.9. The summed E-state index contributed by atoms with van der Waals surface area (Å²) in [5.74, 6) is 2.21. The van der Waals surface area contributed by atoms with Gasteiger partial charge >= 0.3 is 0 Å². The Bertz CT molecular complexity index is 4300. The predicted molar refractivity (Wildman–Crippen MR) is 315 cm³/mol. The van der Waals surface area contributed by atoms with Crippen LogP contribution in [0, 0.1) is 23.7 Å². The van der Waals surface area contributed by atoms with Gasteiger partial charge in [0.05, 0.1) is 22.2 Å². The lowest BCUT2D eigenvalue weighted by atomic mass is 9.55. The Morgan fingerprint density at radius 1 is 0.467 bits per heavy atom. The van der Waals surface area contributed by atoms with Crippen molar-refractivity contribution in [3.63, 3.8) is 0 Å². The van der Waals surface area contributed by atoms with E-state index in [1.165, 1.54) is 123 Å². The first kappa shape index (κ1) is 43.0. The van der Waals surface area contributed by atoms with E-state index in [2.05, 4.69) is 257 Å². The molecule has 1 saturated carbocycles. The molecule has 7 aliphatic carbocycles. The van der Waals surface area contributed by atoms with Crippen LogP contribution in [0.3, 0.4) is 0 Å². The molecule has 0 saturated heterocycles. The molecule has 3 aromatic heterocycles. The normalized spacial score (nSPS) is 23.6. The van der Waals surface area contributed by atoms with Crippen LogP contribution in [0.2, 0.25) is 0 Å². The molecule has 0 aliphatic heterocycles. The van der Waals surface area contributed by atoms with Gasteiger partial charge in [-0.1, -0.05) is 158 Å². The molecule has 3 heteroatoms. The highest BCUT2D eigenvalue weighted by molar-refractivity contribution is 6.11. The van der Waals surface area contributed by atoms with E-state index in [0.717, 1.165) is 19.3 Å². The van der Waals surface area contributed by atoms with Gasteiger partial charge in [-0.2, -0.15) is 0 Å². The first-order valence-electron chi connectivity index (χ1n) is 27.4. The average Bonchev–Trinajstić information content (AvgIpc) is 4.34. The first-order valence-corrected chi connectivity index (χ1v) is 27.4. The van der Waals surface area contributed by atoms with Crippen molar-refractivity contribution in [3.05, 3.63) is 270 Å². The zero-order valence-electron chi connectivity index (χ0n) is 42.3. The largest absolute Gasteiger partial charge is 0.344 e. The molecular weight excluding hydrogens is 907 g/mol. The molecule has 5 unspecified atom stereocenters. The maximum absolute atomic E-state index is 2.63. The molecular formula is C72H57N3. The number of fused-ring (bicyclic) bond motifs is 10. The zero-order valence-corrected chi connectivity index (χ0v) is 42.3. The monoisotopic (exact) mass is 963 g/mol. The van der Waals surface area contributed by atoms with Gasteiger partial charge in [-0.25, -0.2) is 0 Å². The molecule has 4 bridgehead atoms. The second-order valence-electron chi connectivity index (χ2n) is 22.3. The summed E-state index contributed by atoms with van der Waals surface area (Å²) in [4.78, 5) is 0. The van der Waals surface area contributed by atoms with Gasteiger partial charge in [-0.05, 0) is 168 Å². The van der Waals surface area contributed by atoms with E-state index in [-0.39, 0.29) is 5.41 Å². The van der Waals surface area contributed by atoms with Gasteiger partial charge in [0.2, 0.25) is 0 Å². The summed E-state index contributed by atoms with van der Waals surface area (Å²) in [6.45, 7) is 0. The van der Waals surface area contributed by atoms with Crippen molar-refractivity contribution in [3.8, 4) is 11.4 Å². The van der Waals surface area contributed by atoms with Crippen molar-refractivity contribution >= 4 is 71.7 Å². The number of benzene rings is 7. The maximum Gasteiger partial charge on any atom is 0.0541 e. The molecule has 0 N–H and O–H groups in total. The molecule has 6 atom stereocenters. The van der Waals surface area contributed by atoms with Gasteiger partial charge in [0.15, 0.2) is 0 Å². The van der Waals surface area contributed by atoms with E-state index in [0.29, 0.717) is 29.6 Å². The highest BCUT2D eigenvalue weighted by Gasteiger charge is 2.51. The lowest BCUT2D eigenvalue weighted by Gasteiger charge is -2.47. The molecule has 1 fully saturated rings. The molecule has 7 aromatic carbocycles. The van der Waals surface area contributed by atoms with Crippen LogP contribution in [0.25, 0.3) is 83.1 Å². The van der Waals surface area contributed by atoms with Crippen LogP contribution in [0.15, 0.2) is 242 Å². The fourth-order valence-electron chi connectivity index (χ4n) is 14.9. The Morgan fingerprint density at radius 2 is 1.12 bits per heavy atom. The SMILES string of the molecule is Cn1c2ccc(C3=C4CC(C=C3)C3C=CC(CC3)[C@]43C=Cc4c3c3ccccc3n4-c3ccccc3)cc2c2cc(C3C=CC(C4C=CC(c5ccc6c(c5)c5ccccc5n6-c5ccccc5)=CC4)=CC3)ccc21. The number of aryl methyl sites for hydroxylation is 1. The Morgan fingerprint density at radius 3 is 1.88 bits per heavy atom. The van der Waals surface area contributed by atoms with Crippen LogP contribution in [-0.4, -0.2) is 13.7 Å². The number of allylic oxidation sites excluding steroid dienone is 15. The van der Waals surface area contributed by atoms with Crippen molar-refractivity contribution in [2.24, 2.45) is 30.7 Å². The quantitative estimate of drug-likeness (QED) is 0.148. The van der Waals surface area contributed by atoms with E-state index in [1.807, 2.05) is 0 Å². The number of aromatic nitrogens is 3. The lowest BCUT2D eigenvalue weighted by molar-refractivity contribution is 0.289. The fourth-order valence-corrected chi connectivity index (χ4v) is 14.9. The van der Waals surface area contributed by atoms with E-state index >= 15 is 0 Å². The topological polar surface area (TPSA) is 14.8 Å². The van der Waals surface area contributed by atoms with Crippen LogP contribution in [0.1, 0.15) is 66.0 Å². The standard InChI is InChI=1S/C72H57N3/c1-73-65-37-31-51(48-24-20-46(21-25-48)47-22-26-49(27-23-47)52-32-39-69-61(42-52)59-16-8-10-18-67(59)74(69)56-12-4-2-5-13-56)43-62(65)63-44-54(33-38-66(63)73)58-36-30-53-45-64(58)72(55-34-28-50(53)29-35-55)41-40-70-71(72)60-17-9-11-19-68(60)75(70)57-14-6-3-7-15-57/h2-22,24,26-28,30-34,36-44,47-48,50,53,55H,23,25,29,35,45H2,1H3/t47?,48?,50?,53?,55?,72-/m1/s1. The smallest absolute Gasteiger partial charge is 0.0541 e. The molecule has 17 rings (SSSR count). The van der Waals surface area contributed by atoms with Crippen LogP contribution < -0.4 is 0 Å². The molecule has 0 amide bonds. The zero-order chi connectivity index (χ0) is 49.4. The number of nitrogens with zero attached hydrogens (tertiary/aromatic N) is 3.